The fourth-order valence-electron chi connectivity index (χ4n) is 1.21. The van der Waals surface area contributed by atoms with Crippen LogP contribution in [0.25, 0.3) is 0 Å². The molecule has 0 atom stereocenters. The molecule has 1 aromatic carbocycles. The molecule has 0 unspecified atom stereocenters. The quantitative estimate of drug-likeness (QED) is 0.685. The number of aliphatic imine (C=N–C) groups is 1. The van der Waals surface area contributed by atoms with E-state index in [0.29, 0.717) is 0 Å². The van der Waals surface area contributed by atoms with Crippen molar-refractivity contribution in [1.82, 2.24) is 5.32 Å². The highest BCUT2D eigenvalue weighted by atomic mass is 32.2. The minimum Gasteiger partial charge on any atom is -0.450 e. The minimum absolute atomic E-state index is 0.126. The van der Waals surface area contributed by atoms with E-state index in [4.69, 9.17) is 4.74 Å². The zero-order chi connectivity index (χ0) is 14.8. The van der Waals surface area contributed by atoms with Gasteiger partial charge in [-0.25, -0.2) is 9.59 Å². The van der Waals surface area contributed by atoms with Crippen LogP contribution < -0.4 is 5.32 Å². The van der Waals surface area contributed by atoms with Crippen LogP contribution in [0.3, 0.4) is 0 Å². The maximum Gasteiger partial charge on any atom is 0.436 e. The molecule has 1 aromatic rings. The van der Waals surface area contributed by atoms with Crippen LogP contribution in [0.5, 0.6) is 0 Å². The summed E-state index contributed by atoms with van der Waals surface area (Å²) < 4.78 is 9.66. The number of rotatable bonds is 3. The molecule has 108 valence electrons. The third kappa shape index (κ3) is 6.24. The molecule has 20 heavy (non-hydrogen) atoms. The van der Waals surface area contributed by atoms with Crippen LogP contribution in [0.15, 0.2) is 35.3 Å². The van der Waals surface area contributed by atoms with Gasteiger partial charge in [-0.15, -0.1) is 0 Å². The molecule has 0 radical (unpaired) electrons. The van der Waals surface area contributed by atoms with E-state index in [2.05, 4.69) is 15.0 Å². The van der Waals surface area contributed by atoms with Gasteiger partial charge in [-0.3, -0.25) is 5.32 Å². The lowest BCUT2D eigenvalue weighted by atomic mass is 10.2. The van der Waals surface area contributed by atoms with Crippen molar-refractivity contribution < 1.29 is 19.1 Å². The number of carbonyl (C=O) groups is 2. The van der Waals surface area contributed by atoms with Crippen LogP contribution >= 0.6 is 11.8 Å². The second-order valence-electron chi connectivity index (χ2n) is 3.51. The Morgan fingerprint density at radius 1 is 1.25 bits per heavy atom. The van der Waals surface area contributed by atoms with Crippen LogP contribution in [0, 0.1) is 0 Å². The van der Waals surface area contributed by atoms with Crippen molar-refractivity contribution in [3.05, 3.63) is 35.9 Å². The number of hydrogen-bond donors (Lipinski definition) is 1. The number of carbonyl (C=O) groups excluding carboxylic acids is 2. The summed E-state index contributed by atoms with van der Waals surface area (Å²) in [6, 6.07) is 9.25. The first-order chi connectivity index (χ1) is 9.65. The number of alkyl carbamates (subject to hydrolysis) is 1. The molecule has 6 nitrogen and oxygen atoms in total. The van der Waals surface area contributed by atoms with Crippen molar-refractivity contribution in [3.63, 3.8) is 0 Å². The normalized spacial score (nSPS) is 10.8. The van der Waals surface area contributed by atoms with Gasteiger partial charge in [0.1, 0.15) is 6.61 Å². The molecule has 0 aliphatic carbocycles. The van der Waals surface area contributed by atoms with Gasteiger partial charge in [0, 0.05) is 0 Å². The Hall–Kier alpha value is -2.02. The van der Waals surface area contributed by atoms with E-state index in [1.165, 1.54) is 0 Å². The van der Waals surface area contributed by atoms with E-state index >= 15 is 0 Å². The summed E-state index contributed by atoms with van der Waals surface area (Å²) in [5.74, 6) is 0. The predicted molar refractivity (Wildman–Crippen MR) is 77.7 cm³/mol. The summed E-state index contributed by atoms with van der Waals surface area (Å²) in [4.78, 5) is 26.3. The van der Waals surface area contributed by atoms with E-state index in [9.17, 15) is 9.59 Å². The molecule has 0 saturated heterocycles. The molecule has 0 aliphatic heterocycles. The number of amides is 2. The average Bonchev–Trinajstić information content (AvgIpc) is 2.45. The molecule has 0 aromatic heterocycles. The Morgan fingerprint density at radius 3 is 2.55 bits per heavy atom. The Kier molecular flexibility index (Phi) is 7.20. The van der Waals surface area contributed by atoms with Crippen molar-refractivity contribution in [2.24, 2.45) is 4.99 Å². The molecule has 1 rings (SSSR count). The highest BCUT2D eigenvalue weighted by Gasteiger charge is 2.08. The fraction of sp³-hybridized carbons (Fsp3) is 0.308. The van der Waals surface area contributed by atoms with E-state index in [0.717, 1.165) is 17.3 Å². The molecular weight excluding hydrogens is 280 g/mol. The second kappa shape index (κ2) is 8.98. The van der Waals surface area contributed by atoms with Crippen LogP contribution in [0.1, 0.15) is 12.5 Å². The smallest absolute Gasteiger partial charge is 0.436 e. The van der Waals surface area contributed by atoms with Gasteiger partial charge in [-0.05, 0) is 18.7 Å². The number of ether oxygens (including phenoxy) is 2. The Bertz CT molecular complexity index is 477. The minimum atomic E-state index is -0.769. The van der Waals surface area contributed by atoms with Crippen LogP contribution in [-0.4, -0.2) is 30.2 Å². The first-order valence-corrected chi connectivity index (χ1v) is 7.15. The molecule has 0 spiro atoms. The molecular formula is C13H16N2O4S. The molecule has 0 heterocycles. The topological polar surface area (TPSA) is 77.0 Å². The molecule has 0 bridgehead atoms. The van der Waals surface area contributed by atoms with Crippen LogP contribution in [0.4, 0.5) is 9.59 Å². The van der Waals surface area contributed by atoms with Gasteiger partial charge >= 0.3 is 12.2 Å². The van der Waals surface area contributed by atoms with Crippen LogP contribution in [0.2, 0.25) is 0 Å². The molecule has 2 amide bonds. The largest absolute Gasteiger partial charge is 0.450 e. The molecule has 0 fully saturated rings. The maximum atomic E-state index is 11.5. The van der Waals surface area contributed by atoms with Gasteiger partial charge in [-0.2, -0.15) is 4.99 Å². The van der Waals surface area contributed by atoms with Crippen molar-refractivity contribution in [1.29, 1.82) is 0 Å². The first-order valence-electron chi connectivity index (χ1n) is 5.92. The average molecular weight is 296 g/mol. The number of nitrogens with one attached hydrogen (secondary N) is 1. The van der Waals surface area contributed by atoms with Crippen molar-refractivity contribution in [2.75, 3.05) is 12.9 Å². The zero-order valence-corrected chi connectivity index (χ0v) is 12.1. The second-order valence-corrected chi connectivity index (χ2v) is 4.30. The summed E-state index contributed by atoms with van der Waals surface area (Å²) in [5.41, 5.74) is 0.861. The number of thioether (sulfide) groups is 1. The molecule has 0 aliphatic rings. The zero-order valence-electron chi connectivity index (χ0n) is 11.3. The van der Waals surface area contributed by atoms with Gasteiger partial charge < -0.3 is 9.47 Å². The number of nitrogens with zero attached hydrogens (tertiary/aromatic N) is 1. The standard InChI is InChI=1S/C13H16N2O4S/c1-3-18-12(16)14-11(20-2)15-13(17)19-9-10-7-5-4-6-8-10/h4-8H,3,9H2,1-2H3,(H,14,15,16,17). The summed E-state index contributed by atoms with van der Waals surface area (Å²) >= 11 is 1.11. The third-order valence-electron chi connectivity index (χ3n) is 2.08. The van der Waals surface area contributed by atoms with E-state index in [-0.39, 0.29) is 18.4 Å². The third-order valence-corrected chi connectivity index (χ3v) is 2.66. The summed E-state index contributed by atoms with van der Waals surface area (Å²) in [5, 5.41) is 2.47. The number of benzene rings is 1. The van der Waals surface area contributed by atoms with E-state index in [1.807, 2.05) is 30.3 Å². The maximum absolute atomic E-state index is 11.5. The Labute approximate surface area is 121 Å². The van der Waals surface area contributed by atoms with E-state index < -0.39 is 12.2 Å². The van der Waals surface area contributed by atoms with Crippen molar-refractivity contribution in [3.8, 4) is 0 Å². The summed E-state index contributed by atoms with van der Waals surface area (Å²) in [6.07, 6.45) is 0.252. The van der Waals surface area contributed by atoms with E-state index in [1.54, 1.807) is 13.2 Å². The van der Waals surface area contributed by atoms with Gasteiger partial charge in [0.15, 0.2) is 5.17 Å². The summed E-state index contributed by atoms with van der Waals surface area (Å²) in [7, 11) is 0. The lowest BCUT2D eigenvalue weighted by molar-refractivity contribution is 0.150. The highest BCUT2D eigenvalue weighted by Crippen LogP contribution is 2.03. The Balaban J connectivity index is 2.48. The van der Waals surface area contributed by atoms with Gasteiger partial charge in [0.25, 0.3) is 0 Å². The van der Waals surface area contributed by atoms with Gasteiger partial charge in [-0.1, -0.05) is 42.1 Å². The predicted octanol–water partition coefficient (Wildman–Crippen LogP) is 2.79. The number of amidine groups is 1. The molecule has 1 N–H and O–H groups in total. The first kappa shape index (κ1) is 16.0. The lowest BCUT2D eigenvalue weighted by Gasteiger charge is -2.06. The molecule has 7 heteroatoms. The number of hydrogen-bond acceptors (Lipinski definition) is 5. The van der Waals surface area contributed by atoms with Crippen LogP contribution in [-0.2, 0) is 16.1 Å². The monoisotopic (exact) mass is 296 g/mol. The summed E-state index contributed by atoms with van der Waals surface area (Å²) in [6.45, 7) is 2.06. The fourth-order valence-corrected chi connectivity index (χ4v) is 1.56. The Morgan fingerprint density at radius 2 is 1.95 bits per heavy atom. The molecule has 0 saturated carbocycles. The lowest BCUT2D eigenvalue weighted by Crippen LogP contribution is -2.29. The van der Waals surface area contributed by atoms with Gasteiger partial charge in [0.05, 0.1) is 6.61 Å². The SMILES string of the molecule is CCOC(=O)NC(=NC(=O)OCc1ccccc1)SC. The van der Waals surface area contributed by atoms with Gasteiger partial charge in [0.2, 0.25) is 0 Å². The highest BCUT2D eigenvalue weighted by molar-refractivity contribution is 8.13. The van der Waals surface area contributed by atoms with Crippen molar-refractivity contribution in [2.45, 2.75) is 13.5 Å². The van der Waals surface area contributed by atoms with Crippen molar-refractivity contribution >= 4 is 29.1 Å².